The zero-order valence-corrected chi connectivity index (χ0v) is 18.1. The van der Waals surface area contributed by atoms with Crippen molar-refractivity contribution in [3.05, 3.63) is 29.3 Å². The van der Waals surface area contributed by atoms with Gasteiger partial charge >= 0.3 is 0 Å². The van der Waals surface area contributed by atoms with Crippen LogP contribution in [0.2, 0.25) is 0 Å². The molecule has 1 saturated heterocycles. The number of hydrogen-bond donors (Lipinski definition) is 2. The van der Waals surface area contributed by atoms with Crippen LogP contribution in [0, 0.1) is 5.92 Å². The van der Waals surface area contributed by atoms with Crippen molar-refractivity contribution < 1.29 is 19.1 Å². The van der Waals surface area contributed by atoms with Gasteiger partial charge in [0.1, 0.15) is 11.8 Å². The third kappa shape index (κ3) is 5.09. The molecule has 4 aliphatic rings. The zero-order chi connectivity index (χ0) is 21.8. The maximum Gasteiger partial charge on any atom is 0.255 e. The smallest absolute Gasteiger partial charge is 0.255 e. The monoisotopic (exact) mass is 427 g/mol. The molecule has 0 aromatic heterocycles. The van der Waals surface area contributed by atoms with Gasteiger partial charge in [0.25, 0.3) is 5.91 Å². The molecule has 5 rings (SSSR count). The molecule has 0 radical (unpaired) electrons. The molecule has 2 aliphatic heterocycles. The summed E-state index contributed by atoms with van der Waals surface area (Å²) in [5, 5.41) is 2.32. The maximum absolute atomic E-state index is 12.6. The van der Waals surface area contributed by atoms with E-state index in [4.69, 9.17) is 10.5 Å². The molecule has 3 N–H and O–H groups in total. The van der Waals surface area contributed by atoms with Crippen LogP contribution in [-0.2, 0) is 16.1 Å². The summed E-state index contributed by atoms with van der Waals surface area (Å²) in [6, 6.07) is 5.00. The highest BCUT2D eigenvalue weighted by Crippen LogP contribution is 2.31. The van der Waals surface area contributed by atoms with Crippen LogP contribution in [0.1, 0.15) is 80.1 Å². The second kappa shape index (κ2) is 9.81. The van der Waals surface area contributed by atoms with E-state index in [0.717, 1.165) is 36.6 Å². The second-order valence-corrected chi connectivity index (χ2v) is 9.13. The number of fused-ring (bicyclic) bond motifs is 1. The van der Waals surface area contributed by atoms with Crippen LogP contribution in [-0.4, -0.2) is 41.3 Å². The second-order valence-electron chi connectivity index (χ2n) is 9.13. The number of nitrogens with one attached hydrogen (secondary N) is 1. The van der Waals surface area contributed by atoms with Crippen LogP contribution >= 0.6 is 0 Å². The van der Waals surface area contributed by atoms with Crippen molar-refractivity contribution in [1.29, 1.82) is 0 Å². The molecule has 2 saturated carbocycles. The first-order chi connectivity index (χ1) is 15.0. The molecule has 1 aromatic carbocycles. The van der Waals surface area contributed by atoms with Crippen LogP contribution in [0.25, 0.3) is 0 Å². The molecular formula is C24H33N3O4. The van der Waals surface area contributed by atoms with Gasteiger partial charge in [-0.25, -0.2) is 0 Å². The van der Waals surface area contributed by atoms with Gasteiger partial charge in [0.2, 0.25) is 11.8 Å². The van der Waals surface area contributed by atoms with Gasteiger partial charge in [-0.05, 0) is 81.2 Å². The molecule has 31 heavy (non-hydrogen) atoms. The highest BCUT2D eigenvalue weighted by Gasteiger charge is 2.39. The van der Waals surface area contributed by atoms with Gasteiger partial charge in [-0.2, -0.15) is 0 Å². The Kier molecular flexibility index (Phi) is 6.90. The number of ether oxygens (including phenoxy) is 1. The van der Waals surface area contributed by atoms with Crippen LogP contribution in [0.3, 0.4) is 0 Å². The van der Waals surface area contributed by atoms with E-state index >= 15 is 0 Å². The number of nitrogens with zero attached hydrogens (tertiary/aromatic N) is 1. The lowest BCUT2D eigenvalue weighted by Crippen LogP contribution is -2.52. The number of piperidine rings is 1. The molecule has 1 unspecified atom stereocenters. The molecule has 168 valence electrons. The summed E-state index contributed by atoms with van der Waals surface area (Å²) in [6.45, 7) is 1.31. The van der Waals surface area contributed by atoms with E-state index in [1.54, 1.807) is 11.0 Å². The quantitative estimate of drug-likeness (QED) is 0.720. The summed E-state index contributed by atoms with van der Waals surface area (Å²) in [5.41, 5.74) is 6.85. The molecule has 7 nitrogen and oxygen atoms in total. The van der Waals surface area contributed by atoms with E-state index in [2.05, 4.69) is 5.32 Å². The summed E-state index contributed by atoms with van der Waals surface area (Å²) in [4.78, 5) is 37.6. The number of rotatable bonds is 4. The molecule has 0 bridgehead atoms. The molecule has 1 aromatic rings. The van der Waals surface area contributed by atoms with Gasteiger partial charge in [0, 0.05) is 18.5 Å². The fourth-order valence-corrected chi connectivity index (χ4v) is 4.73. The average molecular weight is 428 g/mol. The first-order valence-corrected chi connectivity index (χ1v) is 11.7. The van der Waals surface area contributed by atoms with Crippen LogP contribution in [0.4, 0.5) is 0 Å². The Morgan fingerprint density at radius 2 is 1.77 bits per heavy atom. The average Bonchev–Trinajstić information content (AvgIpc) is 3.04. The minimum atomic E-state index is -0.569. The van der Waals surface area contributed by atoms with Crippen molar-refractivity contribution in [2.75, 3.05) is 6.54 Å². The summed E-state index contributed by atoms with van der Waals surface area (Å²) in [6.07, 6.45) is 11.0. The Labute approximate surface area is 183 Å². The van der Waals surface area contributed by atoms with Crippen molar-refractivity contribution in [3.63, 3.8) is 0 Å². The lowest BCUT2D eigenvalue weighted by atomic mass is 9.86. The first-order valence-electron chi connectivity index (χ1n) is 11.7. The van der Waals surface area contributed by atoms with E-state index in [-0.39, 0.29) is 30.2 Å². The summed E-state index contributed by atoms with van der Waals surface area (Å²) in [5.74, 6) is 0.895. The van der Waals surface area contributed by atoms with Crippen LogP contribution in [0.5, 0.6) is 5.75 Å². The Bertz CT molecular complexity index is 827. The Balaban J connectivity index is 0.000000334. The van der Waals surface area contributed by atoms with E-state index < -0.39 is 6.04 Å². The van der Waals surface area contributed by atoms with Gasteiger partial charge < -0.3 is 15.4 Å². The lowest BCUT2D eigenvalue weighted by molar-refractivity contribution is -0.136. The molecular weight excluding hydrogens is 394 g/mol. The summed E-state index contributed by atoms with van der Waals surface area (Å²) < 4.78 is 6.08. The molecule has 7 heteroatoms. The minimum absolute atomic E-state index is 0.145. The minimum Gasteiger partial charge on any atom is -0.490 e. The Morgan fingerprint density at radius 3 is 2.39 bits per heavy atom. The topological polar surface area (TPSA) is 102 Å². The maximum atomic E-state index is 12.6. The van der Waals surface area contributed by atoms with Gasteiger partial charge in [0.15, 0.2) is 0 Å². The van der Waals surface area contributed by atoms with Crippen molar-refractivity contribution in [3.8, 4) is 5.75 Å². The normalized spacial score (nSPS) is 24.1. The summed E-state index contributed by atoms with van der Waals surface area (Å²) >= 11 is 0. The van der Waals surface area contributed by atoms with E-state index in [1.807, 2.05) is 12.1 Å². The van der Waals surface area contributed by atoms with Crippen LogP contribution in [0.15, 0.2) is 18.2 Å². The summed E-state index contributed by atoms with van der Waals surface area (Å²) in [7, 11) is 0. The number of benzene rings is 1. The van der Waals surface area contributed by atoms with Crippen molar-refractivity contribution in [2.45, 2.75) is 82.9 Å². The lowest BCUT2D eigenvalue weighted by Gasteiger charge is -2.29. The Morgan fingerprint density at radius 1 is 1.00 bits per heavy atom. The molecule has 2 heterocycles. The zero-order valence-electron chi connectivity index (χ0n) is 18.1. The number of amides is 3. The fourth-order valence-electron chi connectivity index (χ4n) is 4.73. The number of carbonyl (C=O) groups is 3. The number of hydrogen-bond acceptors (Lipinski definition) is 5. The molecule has 3 amide bonds. The number of carbonyl (C=O) groups excluding carboxylic acids is 3. The van der Waals surface area contributed by atoms with E-state index in [9.17, 15) is 14.4 Å². The highest BCUT2D eigenvalue weighted by molar-refractivity contribution is 6.05. The molecule has 0 spiro atoms. The SMILES string of the molecule is NCC1CCC1.O=C1CCC(N2Cc3cc(OC4CCCCC4)ccc3C2=O)C(=O)N1. The van der Waals surface area contributed by atoms with Crippen LogP contribution < -0.4 is 15.8 Å². The predicted molar refractivity (Wildman–Crippen MR) is 116 cm³/mol. The van der Waals surface area contributed by atoms with Crippen molar-refractivity contribution in [2.24, 2.45) is 11.7 Å². The fraction of sp³-hybridized carbons (Fsp3) is 0.625. The number of imide groups is 1. The molecule has 1 atom stereocenters. The van der Waals surface area contributed by atoms with Crippen molar-refractivity contribution in [1.82, 2.24) is 10.2 Å². The molecule has 3 fully saturated rings. The van der Waals surface area contributed by atoms with Gasteiger partial charge in [-0.3, -0.25) is 19.7 Å². The third-order valence-electron chi connectivity index (χ3n) is 6.91. The number of nitrogens with two attached hydrogens (primary N) is 1. The standard InChI is InChI=1S/C19H22N2O4.C5H11N/c22-17-9-8-16(18(23)20-17)21-11-12-10-14(6-7-15(12)19(21)24)25-13-4-2-1-3-5-13;6-4-5-2-1-3-5/h6-7,10,13,16H,1-5,8-9,11H2,(H,20,22,23);5H,1-4,6H2. The highest BCUT2D eigenvalue weighted by atomic mass is 16.5. The van der Waals surface area contributed by atoms with Gasteiger partial charge in [-0.1, -0.05) is 12.8 Å². The van der Waals surface area contributed by atoms with E-state index in [0.29, 0.717) is 18.5 Å². The first kappa shape index (κ1) is 21.8. The largest absolute Gasteiger partial charge is 0.490 e. The van der Waals surface area contributed by atoms with E-state index in [1.165, 1.54) is 38.5 Å². The predicted octanol–water partition coefficient (Wildman–Crippen LogP) is 2.90. The third-order valence-corrected chi connectivity index (χ3v) is 6.91. The van der Waals surface area contributed by atoms with Gasteiger partial charge in [0.05, 0.1) is 6.10 Å². The Hall–Kier alpha value is -2.41. The molecule has 2 aliphatic carbocycles. The van der Waals surface area contributed by atoms with Crippen molar-refractivity contribution >= 4 is 17.7 Å². The van der Waals surface area contributed by atoms with Gasteiger partial charge in [-0.15, -0.1) is 0 Å².